The Balaban J connectivity index is 0.000000126. The Hall–Kier alpha value is -7.11. The van der Waals surface area contributed by atoms with Crippen molar-refractivity contribution in [3.05, 3.63) is 169 Å². The van der Waals surface area contributed by atoms with Gasteiger partial charge in [0.25, 0.3) is 0 Å². The molecule has 444 valence electrons. The molecule has 3 aliphatic rings. The predicted molar refractivity (Wildman–Crippen MR) is 343 cm³/mol. The van der Waals surface area contributed by atoms with Gasteiger partial charge in [-0.2, -0.15) is 33.8 Å². The number of fused-ring (bicyclic) bond motifs is 3. The first-order chi connectivity index (χ1) is 42.0. The van der Waals surface area contributed by atoms with Crippen LogP contribution in [-0.4, -0.2) is 117 Å². The molecule has 6 N–H and O–H groups in total. The van der Waals surface area contributed by atoms with E-state index >= 15 is 0 Å². The summed E-state index contributed by atoms with van der Waals surface area (Å²) in [6, 6.07) is 29.8. The number of nitrogens with zero attached hydrogens (tertiary/aromatic N) is 13. The highest BCUT2D eigenvalue weighted by Gasteiger charge is 2.23. The van der Waals surface area contributed by atoms with E-state index in [1.54, 1.807) is 35.2 Å². The van der Waals surface area contributed by atoms with E-state index in [1.165, 1.54) is 29.7 Å². The maximum Gasteiger partial charge on any atom is 0.214 e. The summed E-state index contributed by atoms with van der Waals surface area (Å²) in [5.74, 6) is 4.75. The number of rotatable bonds is 15. The molecule has 27 heteroatoms. The van der Waals surface area contributed by atoms with Crippen LogP contribution in [0.25, 0.3) is 39.6 Å². The summed E-state index contributed by atoms with van der Waals surface area (Å²) in [6.45, 7) is 8.11. The summed E-state index contributed by atoms with van der Waals surface area (Å²) >= 11 is 12.1. The van der Waals surface area contributed by atoms with E-state index in [-0.39, 0.29) is 0 Å². The Labute approximate surface area is 525 Å². The Bertz CT molecular complexity index is 3970. The van der Waals surface area contributed by atoms with Gasteiger partial charge in [-0.3, -0.25) is 0 Å². The van der Waals surface area contributed by atoms with E-state index in [0.29, 0.717) is 48.1 Å². The monoisotopic (exact) mass is 1390 g/mol. The van der Waals surface area contributed by atoms with Crippen LogP contribution in [0.1, 0.15) is 90.1 Å². The fourth-order valence-electron chi connectivity index (χ4n) is 10.8. The summed E-state index contributed by atoms with van der Waals surface area (Å²) in [5.41, 5.74) is 12.1. The van der Waals surface area contributed by atoms with Crippen molar-refractivity contribution in [2.24, 2.45) is 0 Å². The molecule has 0 unspecified atom stereocenters. The number of piperidine rings is 3. The standard InChI is InChI=1S/C20H20BrN7O.C20H20BrN7S.C19H22BrN5O2S/c21-16-11-25-28-18(9-17(26-20(16)28)14-5-7-22-8-6-14)23-10-13-1-3-15(4-2-13)19-24-12-29-27-19;21-16-11-24-28-19(9-17(25-20(16)28)15-5-7-22-8-6-15)23-10-13-1-3-14(4-2-13)18-12-29-27-26-18;1-28(26,27)15-4-2-13(3-5-15)11-22-18-10-17(14-6-8-21-9-7-14)24-19-16(20)12-23-25(18)19/h1-4,9,11-12,14,22-23H,5-8,10H2;1-4,9,11-12,15,22-23H,5-8,10H2;2-5,10,12,14,21-22H,6-9,11H2,1H3. The lowest BCUT2D eigenvalue weighted by Crippen LogP contribution is -2.27. The largest absolute Gasteiger partial charge is 0.366 e. The number of sulfone groups is 1. The van der Waals surface area contributed by atoms with Gasteiger partial charge >= 0.3 is 0 Å². The molecule has 0 saturated carbocycles. The van der Waals surface area contributed by atoms with Crippen LogP contribution in [-0.2, 0) is 29.5 Å². The average molecular weight is 1390 g/mol. The van der Waals surface area contributed by atoms with E-state index in [4.69, 9.17) is 19.5 Å². The number of aromatic nitrogens is 13. The third-order valence-corrected chi connectivity index (χ3v) is 18.9. The van der Waals surface area contributed by atoms with Crippen LogP contribution < -0.4 is 31.9 Å². The van der Waals surface area contributed by atoms with Crippen molar-refractivity contribution in [3.8, 4) is 22.6 Å². The molecular formula is C59H62Br3N19O3S2. The number of benzene rings is 3. The molecule has 3 aromatic carbocycles. The molecule has 0 aliphatic carbocycles. The maximum absolute atomic E-state index is 11.6. The van der Waals surface area contributed by atoms with Gasteiger partial charge in [0.1, 0.15) is 23.1 Å². The highest BCUT2D eigenvalue weighted by atomic mass is 79.9. The number of halogens is 3. The number of nitrogens with one attached hydrogen (secondary N) is 6. The first kappa shape index (κ1) is 59.2. The molecule has 22 nitrogen and oxygen atoms in total. The van der Waals surface area contributed by atoms with Gasteiger partial charge in [-0.15, -0.1) is 5.10 Å². The Morgan fingerprint density at radius 1 is 0.558 bits per heavy atom. The van der Waals surface area contributed by atoms with Crippen molar-refractivity contribution < 1.29 is 12.9 Å². The van der Waals surface area contributed by atoms with Crippen molar-refractivity contribution in [3.63, 3.8) is 0 Å². The molecule has 0 radical (unpaired) electrons. The summed E-state index contributed by atoms with van der Waals surface area (Å²) in [5, 5.41) is 44.1. The average Bonchev–Trinajstić information content (AvgIpc) is 4.57. The Morgan fingerprint density at radius 2 is 0.942 bits per heavy atom. The zero-order valence-corrected chi connectivity index (χ0v) is 53.3. The fourth-order valence-corrected chi connectivity index (χ4v) is 12.9. The summed E-state index contributed by atoms with van der Waals surface area (Å²) in [4.78, 5) is 19.0. The SMILES string of the molecule is Brc1cnn2c(NCc3ccc(-c4csnn4)cc3)cc(C3CCNCC3)nc12.Brc1cnn2c(NCc3ccc(-c4ncon4)cc3)cc(C3CCNCC3)nc12.CS(=O)(=O)c1ccc(CNc2cc(C3CCNCC3)nc3c(Br)cnn23)cc1. The first-order valence-electron chi connectivity index (χ1n) is 28.4. The molecule has 0 atom stereocenters. The molecule has 3 fully saturated rings. The van der Waals surface area contributed by atoms with E-state index in [9.17, 15) is 8.42 Å². The second kappa shape index (κ2) is 27.3. The lowest BCUT2D eigenvalue weighted by Gasteiger charge is -2.23. The van der Waals surface area contributed by atoms with Gasteiger partial charge in [-0.25, -0.2) is 23.4 Å². The minimum atomic E-state index is -3.18. The van der Waals surface area contributed by atoms with Crippen LogP contribution in [0, 0.1) is 0 Å². The molecule has 11 heterocycles. The molecule has 3 aliphatic heterocycles. The molecule has 11 aromatic rings. The van der Waals surface area contributed by atoms with Crippen LogP contribution in [0.15, 0.2) is 144 Å². The number of anilines is 3. The third kappa shape index (κ3) is 14.2. The van der Waals surface area contributed by atoms with Crippen molar-refractivity contribution in [2.75, 3.05) is 61.5 Å². The van der Waals surface area contributed by atoms with Crippen LogP contribution >= 0.6 is 59.3 Å². The van der Waals surface area contributed by atoms with E-state index in [2.05, 4.69) is 169 Å². The normalized spacial score (nSPS) is 15.3. The van der Waals surface area contributed by atoms with Gasteiger partial charge < -0.3 is 36.4 Å². The van der Waals surface area contributed by atoms with Crippen molar-refractivity contribution in [2.45, 2.75) is 80.8 Å². The zero-order chi connectivity index (χ0) is 59.0. The second-order valence-electron chi connectivity index (χ2n) is 21.4. The molecule has 0 spiro atoms. The minimum Gasteiger partial charge on any atom is -0.366 e. The minimum absolute atomic E-state index is 0.326. The van der Waals surface area contributed by atoms with Gasteiger partial charge in [-0.1, -0.05) is 70.3 Å². The molecule has 86 heavy (non-hydrogen) atoms. The van der Waals surface area contributed by atoms with Crippen LogP contribution in [0.3, 0.4) is 0 Å². The van der Waals surface area contributed by atoms with Crippen LogP contribution in [0.5, 0.6) is 0 Å². The van der Waals surface area contributed by atoms with Gasteiger partial charge in [0.05, 0.1) is 36.9 Å². The molecular weight excluding hydrogens is 1330 g/mol. The number of hydrogen-bond donors (Lipinski definition) is 6. The Kier molecular flexibility index (Phi) is 18.8. The highest BCUT2D eigenvalue weighted by Crippen LogP contribution is 2.33. The van der Waals surface area contributed by atoms with Crippen LogP contribution in [0.4, 0.5) is 17.5 Å². The predicted octanol–water partition coefficient (Wildman–Crippen LogP) is 10.7. The van der Waals surface area contributed by atoms with Crippen molar-refractivity contribution in [1.29, 1.82) is 0 Å². The lowest BCUT2D eigenvalue weighted by atomic mass is 9.94. The smallest absolute Gasteiger partial charge is 0.214 e. The van der Waals surface area contributed by atoms with E-state index in [0.717, 1.165) is 171 Å². The molecule has 3 saturated heterocycles. The topological polar surface area (TPSA) is 262 Å². The molecule has 0 amide bonds. The van der Waals surface area contributed by atoms with E-state index < -0.39 is 9.84 Å². The van der Waals surface area contributed by atoms with Crippen molar-refractivity contribution in [1.82, 2.24) is 79.5 Å². The molecule has 14 rings (SSSR count). The fraction of sp³-hybridized carbons (Fsp3) is 0.322. The quantitative estimate of drug-likeness (QED) is 0.0557. The first-order valence-corrected chi connectivity index (χ1v) is 33.6. The van der Waals surface area contributed by atoms with Gasteiger partial charge in [0, 0.05) is 95.4 Å². The van der Waals surface area contributed by atoms with Crippen molar-refractivity contribution >= 4 is 104 Å². The van der Waals surface area contributed by atoms with E-state index in [1.807, 2.05) is 38.7 Å². The third-order valence-electron chi connectivity index (χ3n) is 15.6. The van der Waals surface area contributed by atoms with Gasteiger partial charge in [0.2, 0.25) is 12.2 Å². The lowest BCUT2D eigenvalue weighted by molar-refractivity contribution is 0.419. The maximum atomic E-state index is 11.6. The van der Waals surface area contributed by atoms with Gasteiger partial charge in [0.15, 0.2) is 26.8 Å². The molecule has 8 aromatic heterocycles. The van der Waals surface area contributed by atoms with Gasteiger partial charge in [-0.05, 0) is 166 Å². The summed E-state index contributed by atoms with van der Waals surface area (Å²) in [6.07, 6.45) is 14.5. The summed E-state index contributed by atoms with van der Waals surface area (Å²) < 4.78 is 40.2. The summed E-state index contributed by atoms with van der Waals surface area (Å²) in [7, 11) is -3.18. The molecule has 0 bridgehead atoms. The zero-order valence-electron chi connectivity index (χ0n) is 46.9. The second-order valence-corrected chi connectivity index (χ2v) is 26.6. The van der Waals surface area contributed by atoms with Crippen LogP contribution in [0.2, 0.25) is 0 Å². The number of hydrogen-bond acceptors (Lipinski definition) is 20. The highest BCUT2D eigenvalue weighted by molar-refractivity contribution is 9.11. The Morgan fingerprint density at radius 3 is 1.29 bits per heavy atom.